The highest BCUT2D eigenvalue weighted by Gasteiger charge is 2.19. The lowest BCUT2D eigenvalue weighted by molar-refractivity contribution is 0.669. The van der Waals surface area contributed by atoms with Crippen molar-refractivity contribution in [3.8, 4) is 33.4 Å². The lowest BCUT2D eigenvalue weighted by Crippen LogP contribution is -2.11. The maximum Gasteiger partial charge on any atom is 0.136 e. The average Bonchev–Trinajstić information content (AvgIpc) is 3.59. The van der Waals surface area contributed by atoms with E-state index in [2.05, 4.69) is 193 Å². The first kappa shape index (κ1) is 30.0. The zero-order valence-corrected chi connectivity index (χ0v) is 28.4. The molecule has 2 heteroatoms. The Bertz CT molecular complexity index is 2870. The molecule has 0 unspecified atom stereocenters. The molecular weight excluding hydrogens is 631 g/mol. The van der Waals surface area contributed by atoms with Crippen molar-refractivity contribution in [1.29, 1.82) is 0 Å². The van der Waals surface area contributed by atoms with Gasteiger partial charge in [0, 0.05) is 27.7 Å². The average molecular weight is 664 g/mol. The van der Waals surface area contributed by atoms with E-state index in [0.29, 0.717) is 0 Å². The lowest BCUT2D eigenvalue weighted by atomic mass is 9.97. The van der Waals surface area contributed by atoms with E-state index in [1.165, 1.54) is 49.5 Å². The molecule has 10 aromatic rings. The molecule has 52 heavy (non-hydrogen) atoms. The second-order valence-corrected chi connectivity index (χ2v) is 13.3. The number of para-hydroxylation sites is 2. The molecule has 10 rings (SSSR count). The third kappa shape index (κ3) is 5.21. The Morgan fingerprint density at radius 1 is 0.308 bits per heavy atom. The summed E-state index contributed by atoms with van der Waals surface area (Å²) in [7, 11) is 0. The number of nitrogens with zero attached hydrogens (tertiary/aromatic N) is 1. The fourth-order valence-electron chi connectivity index (χ4n) is 7.65. The van der Waals surface area contributed by atoms with Gasteiger partial charge in [0.05, 0.1) is 5.69 Å². The van der Waals surface area contributed by atoms with Gasteiger partial charge < -0.3 is 9.32 Å². The van der Waals surface area contributed by atoms with Crippen LogP contribution in [0.4, 0.5) is 17.1 Å². The molecule has 0 aliphatic heterocycles. The van der Waals surface area contributed by atoms with Crippen LogP contribution < -0.4 is 4.90 Å². The maximum absolute atomic E-state index is 6.26. The van der Waals surface area contributed by atoms with Crippen LogP contribution in [0.25, 0.3) is 76.9 Å². The molecule has 0 N–H and O–H groups in total. The molecular formula is C50H33NO. The number of fused-ring (bicyclic) bond motifs is 6. The molecule has 0 aliphatic carbocycles. The minimum atomic E-state index is 0.914. The summed E-state index contributed by atoms with van der Waals surface area (Å²) in [6.07, 6.45) is 0. The molecule has 0 radical (unpaired) electrons. The number of anilines is 3. The minimum absolute atomic E-state index is 0.914. The van der Waals surface area contributed by atoms with E-state index in [1.54, 1.807) is 0 Å². The molecule has 0 saturated carbocycles. The standard InChI is InChI=1S/C50H33NO/c1-3-11-34(12-4-1)35-19-21-36(22-20-35)37-25-28-41(29-26-37)51(48-17-9-7-15-43(48)38-13-5-2-6-14-38)42-30-27-39-23-24-40-31-50-47(33-46(40)45(39)32-42)44-16-8-10-18-49(44)52-50/h1-33H. The van der Waals surface area contributed by atoms with Crippen LogP contribution in [0.3, 0.4) is 0 Å². The van der Waals surface area contributed by atoms with E-state index in [4.69, 9.17) is 4.42 Å². The van der Waals surface area contributed by atoms with Gasteiger partial charge in [-0.25, -0.2) is 0 Å². The summed E-state index contributed by atoms with van der Waals surface area (Å²) in [5, 5.41) is 7.06. The summed E-state index contributed by atoms with van der Waals surface area (Å²) in [5.41, 5.74) is 12.3. The zero-order chi connectivity index (χ0) is 34.4. The highest BCUT2D eigenvalue weighted by Crippen LogP contribution is 2.43. The van der Waals surface area contributed by atoms with E-state index >= 15 is 0 Å². The molecule has 244 valence electrons. The normalized spacial score (nSPS) is 11.5. The van der Waals surface area contributed by atoms with Crippen molar-refractivity contribution >= 4 is 60.5 Å². The topological polar surface area (TPSA) is 16.4 Å². The first-order chi connectivity index (χ1) is 25.8. The number of hydrogen-bond acceptors (Lipinski definition) is 2. The number of benzene rings is 9. The minimum Gasteiger partial charge on any atom is -0.456 e. The van der Waals surface area contributed by atoms with Gasteiger partial charge in [-0.05, 0) is 97.9 Å². The predicted molar refractivity (Wildman–Crippen MR) is 220 cm³/mol. The Balaban J connectivity index is 1.13. The van der Waals surface area contributed by atoms with Crippen LogP contribution in [0.5, 0.6) is 0 Å². The first-order valence-corrected chi connectivity index (χ1v) is 17.8. The lowest BCUT2D eigenvalue weighted by Gasteiger charge is -2.28. The van der Waals surface area contributed by atoms with Crippen molar-refractivity contribution in [3.63, 3.8) is 0 Å². The van der Waals surface area contributed by atoms with Crippen LogP contribution in [-0.2, 0) is 0 Å². The molecule has 0 atom stereocenters. The van der Waals surface area contributed by atoms with E-state index < -0.39 is 0 Å². The highest BCUT2D eigenvalue weighted by atomic mass is 16.3. The second-order valence-electron chi connectivity index (χ2n) is 13.3. The molecule has 0 fully saturated rings. The first-order valence-electron chi connectivity index (χ1n) is 17.8. The van der Waals surface area contributed by atoms with Gasteiger partial charge in [0.15, 0.2) is 0 Å². The smallest absolute Gasteiger partial charge is 0.136 e. The molecule has 0 saturated heterocycles. The van der Waals surface area contributed by atoms with Gasteiger partial charge in [0.2, 0.25) is 0 Å². The fourth-order valence-corrected chi connectivity index (χ4v) is 7.65. The van der Waals surface area contributed by atoms with Crippen LogP contribution >= 0.6 is 0 Å². The van der Waals surface area contributed by atoms with Gasteiger partial charge in [-0.3, -0.25) is 0 Å². The van der Waals surface area contributed by atoms with Crippen molar-refractivity contribution in [2.75, 3.05) is 4.90 Å². The molecule has 1 heterocycles. The molecule has 2 nitrogen and oxygen atoms in total. The summed E-state index contributed by atoms with van der Waals surface area (Å²) in [6, 6.07) is 71.8. The molecule has 9 aromatic carbocycles. The van der Waals surface area contributed by atoms with Crippen LogP contribution in [0, 0.1) is 0 Å². The Hall–Kier alpha value is -6.90. The number of rotatable bonds is 6. The van der Waals surface area contributed by atoms with Crippen molar-refractivity contribution in [2.24, 2.45) is 0 Å². The fraction of sp³-hybridized carbons (Fsp3) is 0. The van der Waals surface area contributed by atoms with E-state index in [1.807, 2.05) is 12.1 Å². The van der Waals surface area contributed by atoms with Crippen LogP contribution in [-0.4, -0.2) is 0 Å². The van der Waals surface area contributed by atoms with Crippen LogP contribution in [0.1, 0.15) is 0 Å². The van der Waals surface area contributed by atoms with Gasteiger partial charge >= 0.3 is 0 Å². The maximum atomic E-state index is 6.26. The second kappa shape index (κ2) is 12.5. The number of hydrogen-bond donors (Lipinski definition) is 0. The van der Waals surface area contributed by atoms with Crippen molar-refractivity contribution in [2.45, 2.75) is 0 Å². The summed E-state index contributed by atoms with van der Waals surface area (Å²) in [6.45, 7) is 0. The van der Waals surface area contributed by atoms with Crippen molar-refractivity contribution in [3.05, 3.63) is 200 Å². The molecule has 0 aliphatic rings. The third-order valence-electron chi connectivity index (χ3n) is 10.3. The molecule has 0 spiro atoms. The largest absolute Gasteiger partial charge is 0.456 e. The molecule has 0 amide bonds. The van der Waals surface area contributed by atoms with Crippen LogP contribution in [0.2, 0.25) is 0 Å². The van der Waals surface area contributed by atoms with Gasteiger partial charge in [-0.2, -0.15) is 0 Å². The Labute approximate surface area is 302 Å². The zero-order valence-electron chi connectivity index (χ0n) is 28.4. The number of furan rings is 1. The monoisotopic (exact) mass is 663 g/mol. The third-order valence-corrected chi connectivity index (χ3v) is 10.3. The van der Waals surface area contributed by atoms with Gasteiger partial charge in [-0.15, -0.1) is 0 Å². The highest BCUT2D eigenvalue weighted by molar-refractivity contribution is 6.17. The quantitative estimate of drug-likeness (QED) is 0.165. The Morgan fingerprint density at radius 2 is 0.846 bits per heavy atom. The van der Waals surface area contributed by atoms with E-state index in [-0.39, 0.29) is 0 Å². The van der Waals surface area contributed by atoms with Gasteiger partial charge in [-0.1, -0.05) is 152 Å². The summed E-state index contributed by atoms with van der Waals surface area (Å²) < 4.78 is 6.26. The summed E-state index contributed by atoms with van der Waals surface area (Å²) >= 11 is 0. The SMILES string of the molecule is c1ccc(-c2ccc(-c3ccc(N(c4ccc5ccc6cc7oc8ccccc8c7cc6c5c4)c4ccccc4-c4ccccc4)cc3)cc2)cc1. The molecule has 1 aromatic heterocycles. The molecule has 0 bridgehead atoms. The van der Waals surface area contributed by atoms with E-state index in [9.17, 15) is 0 Å². The van der Waals surface area contributed by atoms with Gasteiger partial charge in [0.1, 0.15) is 11.2 Å². The van der Waals surface area contributed by atoms with Gasteiger partial charge in [0.25, 0.3) is 0 Å². The van der Waals surface area contributed by atoms with E-state index in [0.717, 1.165) is 44.4 Å². The predicted octanol–water partition coefficient (Wildman–Crippen LogP) is 14.4. The van der Waals surface area contributed by atoms with Crippen molar-refractivity contribution in [1.82, 2.24) is 0 Å². The van der Waals surface area contributed by atoms with Crippen molar-refractivity contribution < 1.29 is 4.42 Å². The van der Waals surface area contributed by atoms with Crippen LogP contribution in [0.15, 0.2) is 205 Å². The summed E-state index contributed by atoms with van der Waals surface area (Å²) in [5.74, 6) is 0. The Morgan fingerprint density at radius 3 is 1.60 bits per heavy atom. The summed E-state index contributed by atoms with van der Waals surface area (Å²) in [4.78, 5) is 2.40. The Kier molecular flexibility index (Phi) is 7.18.